The van der Waals surface area contributed by atoms with Gasteiger partial charge in [-0.3, -0.25) is 4.90 Å². The molecule has 222 valence electrons. The topological polar surface area (TPSA) is 40.2 Å². The SMILES string of the molecule is [Br-].[CH2][C@H]1[C@@H](OCc2ccccc2)[C@H](OCc2ccccc2)[C@@H](OCc2ccccc2)CN1CCOCc1ccccc1.[Hg+]. The molecule has 4 aromatic rings. The molecule has 0 aromatic heterocycles. The minimum atomic E-state index is -0.289. The van der Waals surface area contributed by atoms with Gasteiger partial charge in [0.1, 0.15) is 12.2 Å². The van der Waals surface area contributed by atoms with Crippen molar-refractivity contribution in [2.45, 2.75) is 50.8 Å². The van der Waals surface area contributed by atoms with Crippen molar-refractivity contribution < 1.29 is 63.6 Å². The van der Waals surface area contributed by atoms with Crippen molar-refractivity contribution >= 4 is 0 Å². The molecule has 5 rings (SSSR count). The Kier molecular flexibility index (Phi) is 16.1. The summed E-state index contributed by atoms with van der Waals surface area (Å²) in [5.74, 6) is 0. The fraction of sp³-hybridized carbons (Fsp3) is 0.306. The van der Waals surface area contributed by atoms with Crippen LogP contribution in [0.2, 0.25) is 0 Å². The van der Waals surface area contributed by atoms with E-state index in [1.807, 2.05) is 72.8 Å². The first-order chi connectivity index (χ1) is 20.3. The van der Waals surface area contributed by atoms with Crippen LogP contribution in [0.4, 0.5) is 0 Å². The molecule has 43 heavy (non-hydrogen) atoms. The predicted octanol–water partition coefficient (Wildman–Crippen LogP) is 3.48. The third-order valence-corrected chi connectivity index (χ3v) is 7.46. The number of piperidine rings is 1. The van der Waals surface area contributed by atoms with Crippen LogP contribution in [0.25, 0.3) is 0 Å². The van der Waals surface area contributed by atoms with E-state index in [9.17, 15) is 0 Å². The molecule has 0 spiro atoms. The molecular weight excluding hydrogens is 791 g/mol. The third-order valence-electron chi connectivity index (χ3n) is 7.46. The summed E-state index contributed by atoms with van der Waals surface area (Å²) in [4.78, 5) is 2.32. The van der Waals surface area contributed by atoms with Gasteiger partial charge in [0.05, 0.1) is 39.1 Å². The van der Waals surface area contributed by atoms with E-state index in [1.165, 1.54) is 5.56 Å². The molecule has 7 heteroatoms. The van der Waals surface area contributed by atoms with E-state index in [1.54, 1.807) is 0 Å². The van der Waals surface area contributed by atoms with Gasteiger partial charge in [0, 0.05) is 19.1 Å². The van der Waals surface area contributed by atoms with Crippen LogP contribution in [0.1, 0.15) is 22.3 Å². The summed E-state index contributed by atoms with van der Waals surface area (Å²) in [6.45, 7) is 8.62. The first kappa shape index (κ1) is 35.6. The molecule has 1 fully saturated rings. The van der Waals surface area contributed by atoms with Crippen LogP contribution in [0, 0.1) is 6.92 Å². The summed E-state index contributed by atoms with van der Waals surface area (Å²) >= 11 is 0. The van der Waals surface area contributed by atoms with E-state index in [-0.39, 0.29) is 69.0 Å². The van der Waals surface area contributed by atoms with Crippen molar-refractivity contribution in [3.05, 3.63) is 151 Å². The zero-order valence-corrected chi connectivity index (χ0v) is 31.8. The second kappa shape index (κ2) is 19.5. The van der Waals surface area contributed by atoms with Crippen molar-refractivity contribution in [2.24, 2.45) is 0 Å². The Morgan fingerprint density at radius 1 is 0.558 bits per heavy atom. The average molecular weight is 831 g/mol. The number of nitrogens with zero attached hydrogens (tertiary/aromatic N) is 1. The normalized spacial score (nSPS) is 20.1. The zero-order valence-electron chi connectivity index (χ0n) is 24.7. The molecule has 2 radical (unpaired) electrons. The molecule has 1 heterocycles. The minimum absolute atomic E-state index is 0. The van der Waals surface area contributed by atoms with Gasteiger partial charge >= 0.3 is 27.7 Å². The van der Waals surface area contributed by atoms with Crippen LogP contribution < -0.4 is 17.0 Å². The van der Waals surface area contributed by atoms with E-state index in [4.69, 9.17) is 18.9 Å². The van der Waals surface area contributed by atoms with E-state index in [2.05, 4.69) is 60.4 Å². The van der Waals surface area contributed by atoms with Crippen LogP contribution in [-0.4, -0.2) is 49.0 Å². The molecule has 1 aliphatic heterocycles. The molecule has 1 aliphatic rings. The van der Waals surface area contributed by atoms with Gasteiger partial charge in [0.25, 0.3) is 0 Å². The van der Waals surface area contributed by atoms with Crippen LogP contribution in [0.3, 0.4) is 0 Å². The van der Waals surface area contributed by atoms with Gasteiger partial charge in [-0.2, -0.15) is 0 Å². The Balaban J connectivity index is 0.00000253. The fourth-order valence-corrected chi connectivity index (χ4v) is 5.18. The predicted molar refractivity (Wildman–Crippen MR) is 162 cm³/mol. The van der Waals surface area contributed by atoms with Gasteiger partial charge in [-0.15, -0.1) is 0 Å². The molecule has 0 saturated carbocycles. The Morgan fingerprint density at radius 2 is 0.953 bits per heavy atom. The fourth-order valence-electron chi connectivity index (χ4n) is 5.18. The third kappa shape index (κ3) is 11.2. The molecule has 0 unspecified atom stereocenters. The molecule has 4 aromatic carbocycles. The molecule has 5 nitrogen and oxygen atoms in total. The zero-order chi connectivity index (χ0) is 28.1. The van der Waals surface area contributed by atoms with Crippen LogP contribution in [0.15, 0.2) is 121 Å². The van der Waals surface area contributed by atoms with E-state index in [0.29, 0.717) is 39.6 Å². The van der Waals surface area contributed by atoms with Crippen molar-refractivity contribution in [3.8, 4) is 0 Å². The van der Waals surface area contributed by atoms with Crippen molar-refractivity contribution in [3.63, 3.8) is 0 Å². The largest absolute Gasteiger partial charge is 1.00 e. The van der Waals surface area contributed by atoms with Crippen molar-refractivity contribution in [1.82, 2.24) is 4.90 Å². The number of hydrogen-bond donors (Lipinski definition) is 0. The maximum Gasteiger partial charge on any atom is 1.00 e. The Labute approximate surface area is 287 Å². The van der Waals surface area contributed by atoms with Gasteiger partial charge in [-0.1, -0.05) is 121 Å². The monoisotopic (exact) mass is 831 g/mol. The number of rotatable bonds is 14. The second-order valence-electron chi connectivity index (χ2n) is 10.5. The minimum Gasteiger partial charge on any atom is -1.00 e. The summed E-state index contributed by atoms with van der Waals surface area (Å²) < 4.78 is 25.9. The van der Waals surface area contributed by atoms with Gasteiger partial charge < -0.3 is 35.9 Å². The van der Waals surface area contributed by atoms with Crippen molar-refractivity contribution in [2.75, 3.05) is 19.7 Å². The standard InChI is InChI=1S/C36H40NO4.BrH.Hg/c1-29-35(40-27-32-18-10-4-11-19-32)36(41-28-33-20-12-5-13-21-33)34(39-26-31-16-8-3-9-17-31)24-37(29)22-23-38-25-30-14-6-2-7-15-30;;/h2-21,29,34-36H,1,22-28H2;1H;/q;;+1/p-1/t29-,34-,35+,36+;;/m0../s1. The first-order valence-electron chi connectivity index (χ1n) is 14.4. The van der Waals surface area contributed by atoms with Crippen LogP contribution in [-0.2, 0) is 73.0 Å². The summed E-state index contributed by atoms with van der Waals surface area (Å²) in [6.07, 6.45) is -0.777. The molecular formula is C36H40BrHgNO4. The average Bonchev–Trinajstić information content (AvgIpc) is 3.03. The number of likely N-dealkylation sites (tertiary alicyclic amines) is 1. The summed E-state index contributed by atoms with van der Waals surface area (Å²) in [7, 11) is 0. The van der Waals surface area contributed by atoms with Gasteiger partial charge in [-0.05, 0) is 29.2 Å². The number of ether oxygens (including phenoxy) is 4. The van der Waals surface area contributed by atoms with Crippen molar-refractivity contribution in [1.29, 1.82) is 0 Å². The quantitative estimate of drug-likeness (QED) is 0.144. The maximum atomic E-state index is 6.63. The smallest absolute Gasteiger partial charge is 1.00 e. The summed E-state index contributed by atoms with van der Waals surface area (Å²) in [5, 5.41) is 0. The van der Waals surface area contributed by atoms with Gasteiger partial charge in [0.15, 0.2) is 0 Å². The molecule has 4 atom stereocenters. The van der Waals surface area contributed by atoms with Gasteiger partial charge in [-0.25, -0.2) is 0 Å². The molecule has 0 N–H and O–H groups in total. The van der Waals surface area contributed by atoms with Crippen LogP contribution in [0.5, 0.6) is 0 Å². The molecule has 1 saturated heterocycles. The molecule has 0 amide bonds. The summed E-state index contributed by atoms with van der Waals surface area (Å²) in [6, 6.07) is 40.9. The Bertz CT molecular complexity index is 1270. The molecule has 0 aliphatic carbocycles. The number of benzene rings is 4. The Morgan fingerprint density at radius 3 is 1.42 bits per heavy atom. The Hall–Kier alpha value is -1.90. The second-order valence-corrected chi connectivity index (χ2v) is 10.5. The first-order valence-corrected chi connectivity index (χ1v) is 14.4. The van der Waals surface area contributed by atoms with E-state index < -0.39 is 0 Å². The van der Waals surface area contributed by atoms with Gasteiger partial charge in [0.2, 0.25) is 0 Å². The van der Waals surface area contributed by atoms with E-state index in [0.717, 1.165) is 23.2 Å². The van der Waals surface area contributed by atoms with E-state index >= 15 is 0 Å². The number of halogens is 1. The van der Waals surface area contributed by atoms with Crippen LogP contribution >= 0.6 is 0 Å². The summed E-state index contributed by atoms with van der Waals surface area (Å²) in [5.41, 5.74) is 4.53. The number of hydrogen-bond acceptors (Lipinski definition) is 5. The molecule has 0 bridgehead atoms. The maximum absolute atomic E-state index is 6.63.